The van der Waals surface area contributed by atoms with Gasteiger partial charge in [-0.2, -0.15) is 4.31 Å². The Labute approximate surface area is 108 Å². The van der Waals surface area contributed by atoms with E-state index in [0.717, 1.165) is 29.1 Å². The number of rotatable bonds is 4. The molecule has 18 heavy (non-hydrogen) atoms. The molecule has 0 saturated heterocycles. The molecule has 4 nitrogen and oxygen atoms in total. The second-order valence-corrected chi connectivity index (χ2v) is 6.63. The third-order valence-corrected chi connectivity index (χ3v) is 5.18. The zero-order valence-corrected chi connectivity index (χ0v) is 11.2. The van der Waals surface area contributed by atoms with Crippen molar-refractivity contribution in [2.24, 2.45) is 0 Å². The summed E-state index contributed by atoms with van der Waals surface area (Å²) in [4.78, 5) is 10.7. The van der Waals surface area contributed by atoms with E-state index < -0.39 is 10.0 Å². The van der Waals surface area contributed by atoms with Gasteiger partial charge in [0.2, 0.25) is 10.0 Å². The fraction of sp³-hybridized carbons (Fsp3) is 0.462. The van der Waals surface area contributed by atoms with Crippen LogP contribution in [0.25, 0.3) is 0 Å². The molecule has 1 aliphatic carbocycles. The van der Waals surface area contributed by atoms with Crippen molar-refractivity contribution in [1.29, 1.82) is 0 Å². The van der Waals surface area contributed by atoms with Crippen molar-refractivity contribution >= 4 is 16.3 Å². The Hall–Kier alpha value is -1.20. The van der Waals surface area contributed by atoms with Gasteiger partial charge in [-0.3, -0.25) is 0 Å². The van der Waals surface area contributed by atoms with Crippen molar-refractivity contribution in [3.63, 3.8) is 0 Å². The summed E-state index contributed by atoms with van der Waals surface area (Å²) in [6, 6.07) is 5.29. The fourth-order valence-corrected chi connectivity index (χ4v) is 3.40. The van der Waals surface area contributed by atoms with Gasteiger partial charge in [-0.05, 0) is 48.9 Å². The van der Waals surface area contributed by atoms with Crippen LogP contribution < -0.4 is 0 Å². The lowest BCUT2D eigenvalue weighted by molar-refractivity contribution is -0.107. The zero-order chi connectivity index (χ0) is 13.2. The molecular formula is C13H17NO3S. The third kappa shape index (κ3) is 2.47. The lowest BCUT2D eigenvalue weighted by Gasteiger charge is -2.19. The lowest BCUT2D eigenvalue weighted by atomic mass is 9.92. The summed E-state index contributed by atoms with van der Waals surface area (Å²) in [5.41, 5.74) is 2.38. The fourth-order valence-electron chi connectivity index (χ4n) is 2.25. The van der Waals surface area contributed by atoms with E-state index >= 15 is 0 Å². The Morgan fingerprint density at radius 2 is 1.89 bits per heavy atom. The highest BCUT2D eigenvalue weighted by Gasteiger charge is 2.22. The number of sulfonamides is 1. The molecule has 0 heterocycles. The second-order valence-electron chi connectivity index (χ2n) is 4.59. The molecule has 0 spiro atoms. The van der Waals surface area contributed by atoms with Crippen molar-refractivity contribution in [2.45, 2.75) is 30.6 Å². The summed E-state index contributed by atoms with van der Waals surface area (Å²) in [5.74, 6) is 0. The molecule has 2 rings (SSSR count). The molecule has 0 atom stereocenters. The van der Waals surface area contributed by atoms with Crippen LogP contribution in [0, 0.1) is 0 Å². The lowest BCUT2D eigenvalue weighted by Crippen LogP contribution is -2.28. The van der Waals surface area contributed by atoms with E-state index in [4.69, 9.17) is 0 Å². The number of likely N-dealkylation sites (N-methyl/N-ethyl adjacent to an activating group) is 1. The Balaban J connectivity index is 2.36. The van der Waals surface area contributed by atoms with Crippen LogP contribution >= 0.6 is 0 Å². The average Bonchev–Trinajstić information content (AvgIpc) is 2.38. The maximum Gasteiger partial charge on any atom is 0.243 e. The number of carbonyl (C=O) groups is 1. The van der Waals surface area contributed by atoms with E-state index in [2.05, 4.69) is 0 Å². The zero-order valence-electron chi connectivity index (χ0n) is 10.4. The number of carbonyl (C=O) groups excluding carboxylic acids is 1. The van der Waals surface area contributed by atoms with Crippen molar-refractivity contribution in [3.05, 3.63) is 29.3 Å². The standard InChI is InChI=1S/C13H17NO3S/c1-14(8-9-15)18(16,17)13-7-6-11-4-2-3-5-12(11)10-13/h6-7,9-10H,2-5,8H2,1H3. The molecule has 5 heteroatoms. The third-order valence-electron chi connectivity index (χ3n) is 3.36. The number of aryl methyl sites for hydroxylation is 2. The highest BCUT2D eigenvalue weighted by atomic mass is 32.2. The smallest absolute Gasteiger partial charge is 0.243 e. The maximum absolute atomic E-state index is 12.2. The first-order valence-electron chi connectivity index (χ1n) is 6.07. The minimum atomic E-state index is -3.53. The van der Waals surface area contributed by atoms with E-state index in [0.29, 0.717) is 6.29 Å². The predicted molar refractivity (Wildman–Crippen MR) is 69.0 cm³/mol. The normalized spacial score (nSPS) is 15.4. The Bertz CT molecular complexity index is 551. The van der Waals surface area contributed by atoms with Crippen molar-refractivity contribution in [3.8, 4) is 0 Å². The molecule has 1 aliphatic rings. The molecule has 0 radical (unpaired) electrons. The first-order valence-corrected chi connectivity index (χ1v) is 7.51. The van der Waals surface area contributed by atoms with Crippen LogP contribution in [0.2, 0.25) is 0 Å². The van der Waals surface area contributed by atoms with Gasteiger partial charge < -0.3 is 4.79 Å². The van der Waals surface area contributed by atoms with Crippen LogP contribution in [0.4, 0.5) is 0 Å². The summed E-state index contributed by atoms with van der Waals surface area (Å²) >= 11 is 0. The molecule has 0 unspecified atom stereocenters. The SMILES string of the molecule is CN(CC=O)S(=O)(=O)c1ccc2c(c1)CCCC2. The molecule has 0 aromatic heterocycles. The molecule has 0 N–H and O–H groups in total. The van der Waals surface area contributed by atoms with Gasteiger partial charge in [0, 0.05) is 7.05 Å². The highest BCUT2D eigenvalue weighted by Crippen LogP contribution is 2.25. The van der Waals surface area contributed by atoms with Crippen LogP contribution in [0.15, 0.2) is 23.1 Å². The van der Waals surface area contributed by atoms with Crippen molar-refractivity contribution in [1.82, 2.24) is 4.31 Å². The number of hydrogen-bond acceptors (Lipinski definition) is 3. The van der Waals surface area contributed by atoms with Gasteiger partial charge >= 0.3 is 0 Å². The van der Waals surface area contributed by atoms with E-state index in [1.54, 1.807) is 12.1 Å². The maximum atomic E-state index is 12.2. The van der Waals surface area contributed by atoms with Crippen LogP contribution in [-0.4, -0.2) is 32.6 Å². The largest absolute Gasteiger partial charge is 0.302 e. The molecule has 0 saturated carbocycles. The van der Waals surface area contributed by atoms with Crippen molar-refractivity contribution in [2.75, 3.05) is 13.6 Å². The van der Waals surface area contributed by atoms with E-state index in [-0.39, 0.29) is 11.4 Å². The Kier molecular flexibility index (Phi) is 3.82. The minimum Gasteiger partial charge on any atom is -0.302 e. The molecule has 0 bridgehead atoms. The van der Waals surface area contributed by atoms with Crippen molar-refractivity contribution < 1.29 is 13.2 Å². The molecule has 0 amide bonds. The molecular weight excluding hydrogens is 250 g/mol. The Morgan fingerprint density at radius 3 is 2.56 bits per heavy atom. The monoisotopic (exact) mass is 267 g/mol. The molecule has 1 aromatic carbocycles. The molecule has 0 fully saturated rings. The second kappa shape index (κ2) is 5.20. The molecule has 1 aromatic rings. The van der Waals surface area contributed by atoms with Gasteiger partial charge in [-0.25, -0.2) is 8.42 Å². The number of fused-ring (bicyclic) bond motifs is 1. The quantitative estimate of drug-likeness (QED) is 0.775. The predicted octanol–water partition coefficient (Wildman–Crippen LogP) is 1.38. The first kappa shape index (κ1) is 13.2. The molecule has 98 valence electrons. The van der Waals surface area contributed by atoms with E-state index in [1.165, 1.54) is 19.0 Å². The van der Waals surface area contributed by atoms with Gasteiger partial charge in [0.05, 0.1) is 11.4 Å². The van der Waals surface area contributed by atoms with E-state index in [1.807, 2.05) is 6.07 Å². The van der Waals surface area contributed by atoms with Gasteiger partial charge in [-0.15, -0.1) is 0 Å². The van der Waals surface area contributed by atoms with Crippen LogP contribution in [0.5, 0.6) is 0 Å². The minimum absolute atomic E-state index is 0.112. The number of benzene rings is 1. The number of nitrogens with zero attached hydrogens (tertiary/aromatic N) is 1. The summed E-state index contributed by atoms with van der Waals surface area (Å²) in [7, 11) is -2.11. The topological polar surface area (TPSA) is 54.5 Å². The van der Waals surface area contributed by atoms with Crippen LogP contribution in [-0.2, 0) is 27.7 Å². The van der Waals surface area contributed by atoms with Crippen LogP contribution in [0.1, 0.15) is 24.0 Å². The number of aldehydes is 1. The summed E-state index contributed by atoms with van der Waals surface area (Å²) in [6.45, 7) is -0.112. The van der Waals surface area contributed by atoms with Gasteiger partial charge in [-0.1, -0.05) is 6.07 Å². The summed E-state index contributed by atoms with van der Waals surface area (Å²) in [6.07, 6.45) is 4.84. The number of hydrogen-bond donors (Lipinski definition) is 0. The summed E-state index contributed by atoms with van der Waals surface area (Å²) in [5, 5.41) is 0. The first-order chi connectivity index (χ1) is 8.55. The van der Waals surface area contributed by atoms with Gasteiger partial charge in [0.15, 0.2) is 0 Å². The van der Waals surface area contributed by atoms with E-state index in [9.17, 15) is 13.2 Å². The van der Waals surface area contributed by atoms with Gasteiger partial charge in [0.1, 0.15) is 6.29 Å². The van der Waals surface area contributed by atoms with Crippen LogP contribution in [0.3, 0.4) is 0 Å². The highest BCUT2D eigenvalue weighted by molar-refractivity contribution is 7.89. The Morgan fingerprint density at radius 1 is 1.22 bits per heavy atom. The average molecular weight is 267 g/mol. The van der Waals surface area contributed by atoms with Gasteiger partial charge in [0.25, 0.3) is 0 Å². The molecule has 0 aliphatic heterocycles. The summed E-state index contributed by atoms with van der Waals surface area (Å²) < 4.78 is 25.4.